The first kappa shape index (κ1) is 43.4. The van der Waals surface area contributed by atoms with Crippen molar-refractivity contribution >= 4 is 57.0 Å². The summed E-state index contributed by atoms with van der Waals surface area (Å²) in [7, 11) is 2.59. The molecule has 4 aromatic heterocycles. The number of alkyl carbamates (subject to hydrolysis) is 2. The Morgan fingerprint density at radius 3 is 1.72 bits per heavy atom. The van der Waals surface area contributed by atoms with Crippen LogP contribution in [0.3, 0.4) is 0 Å². The van der Waals surface area contributed by atoms with E-state index in [0.29, 0.717) is 18.9 Å². The molecule has 0 saturated carbocycles. The molecule has 338 valence electrons. The Hall–Kier alpha value is -6.90. The van der Waals surface area contributed by atoms with E-state index in [1.165, 1.54) is 14.2 Å². The average Bonchev–Trinajstić information content (AvgIpc) is 4.17. The fourth-order valence-electron chi connectivity index (χ4n) is 9.89. The number of ether oxygens (including phenoxy) is 2. The molecule has 4 amide bonds. The topological polar surface area (TPSA) is 188 Å². The number of amides is 4. The number of fused-ring (bicyclic) bond motifs is 6. The smallest absolute Gasteiger partial charge is 0.407 e. The Balaban J connectivity index is 0.969. The number of likely N-dealkylation sites (tertiary alicyclic amines) is 2. The second-order valence-corrected chi connectivity index (χ2v) is 18.6. The first-order valence-electron chi connectivity index (χ1n) is 22.5. The lowest BCUT2D eigenvalue weighted by atomic mass is 9.91. The largest absolute Gasteiger partial charge is 0.456 e. The molecule has 9 rings (SSSR count). The first-order chi connectivity index (χ1) is 31.2. The fraction of sp³-hybridized carbons (Fsp3) is 0.400. The maximum Gasteiger partial charge on any atom is 0.407 e. The van der Waals surface area contributed by atoms with Crippen molar-refractivity contribution in [2.45, 2.75) is 78.6 Å². The number of carbonyl (C=O) groups excluding carboxylic acids is 4. The summed E-state index contributed by atoms with van der Waals surface area (Å²) < 4.78 is 16.0. The number of methoxy groups -OCH3 is 2. The van der Waals surface area contributed by atoms with E-state index >= 15 is 0 Å². The Labute approximate surface area is 377 Å². The molecule has 2 bridgehead atoms. The second kappa shape index (κ2) is 17.2. The molecule has 0 aliphatic carbocycles. The van der Waals surface area contributed by atoms with E-state index in [-0.39, 0.29) is 47.6 Å². The number of carbonyl (C=O) groups is 4. The highest BCUT2D eigenvalue weighted by Gasteiger charge is 2.42. The van der Waals surface area contributed by atoms with Gasteiger partial charge in [-0.3, -0.25) is 9.59 Å². The minimum Gasteiger partial charge on any atom is -0.456 e. The number of aromatic nitrogens is 4. The van der Waals surface area contributed by atoms with Crippen LogP contribution in [-0.2, 0) is 19.1 Å². The van der Waals surface area contributed by atoms with Gasteiger partial charge in [-0.25, -0.2) is 19.6 Å². The fourth-order valence-corrected chi connectivity index (χ4v) is 9.89. The van der Waals surface area contributed by atoms with Gasteiger partial charge in [0.25, 0.3) is 0 Å². The molecular weight excluding hydrogens is 825 g/mol. The highest BCUT2D eigenvalue weighted by Crippen LogP contribution is 2.45. The van der Waals surface area contributed by atoms with Crippen LogP contribution < -0.4 is 10.6 Å². The summed E-state index contributed by atoms with van der Waals surface area (Å²) >= 11 is 0. The van der Waals surface area contributed by atoms with E-state index in [9.17, 15) is 19.2 Å². The van der Waals surface area contributed by atoms with Crippen LogP contribution in [0, 0.1) is 23.7 Å². The summed E-state index contributed by atoms with van der Waals surface area (Å²) in [5, 5.41) is 7.53. The standard InChI is InChI=1S/C50H56N8O7/c1-25(2)43(55-49(61)63-7)47(59)57-23-27(5)19-37(57)45-51-22-36(54-45)30-11-9-29(10-12-30)32-14-15-33(42-40-18-17-39(65-40)41(32)42)31-13-16-34-35(21-31)53-46(52-34)38-20-28(6)24-58(38)48(60)44(26(3)4)56-50(62)64-8/h9-18,21-22,25-28,37-38,43-44H,19-20,23-24H2,1-8H3,(H,51,54)(H,52,53)(H,55,61)(H,56,62). The van der Waals surface area contributed by atoms with Crippen LogP contribution in [0.2, 0.25) is 0 Å². The van der Waals surface area contributed by atoms with E-state index in [0.717, 1.165) is 85.1 Å². The van der Waals surface area contributed by atoms with E-state index in [1.807, 2.05) is 61.9 Å². The number of benzene rings is 4. The predicted molar refractivity (Wildman–Crippen MR) is 248 cm³/mol. The Bertz CT molecular complexity index is 2900. The van der Waals surface area contributed by atoms with Crippen molar-refractivity contribution in [3.63, 3.8) is 0 Å². The number of rotatable bonds is 11. The van der Waals surface area contributed by atoms with Gasteiger partial charge in [-0.15, -0.1) is 0 Å². The number of furan rings is 2. The maximum absolute atomic E-state index is 13.9. The van der Waals surface area contributed by atoms with Gasteiger partial charge in [0.1, 0.15) is 34.9 Å². The van der Waals surface area contributed by atoms with Gasteiger partial charge in [0.15, 0.2) is 0 Å². The van der Waals surface area contributed by atoms with Crippen molar-refractivity contribution in [1.29, 1.82) is 0 Å². The van der Waals surface area contributed by atoms with E-state index in [2.05, 4.69) is 83.0 Å². The molecule has 6 atom stereocenters. The minimum absolute atomic E-state index is 0.126. The van der Waals surface area contributed by atoms with Crippen molar-refractivity contribution in [2.24, 2.45) is 23.7 Å². The van der Waals surface area contributed by atoms with Crippen LogP contribution in [0.1, 0.15) is 78.1 Å². The molecule has 15 nitrogen and oxygen atoms in total. The molecule has 3 aromatic carbocycles. The van der Waals surface area contributed by atoms with Gasteiger partial charge in [0.2, 0.25) is 11.8 Å². The zero-order valence-electron chi connectivity index (χ0n) is 38.0. The number of hydrogen-bond donors (Lipinski definition) is 4. The van der Waals surface area contributed by atoms with E-state index < -0.39 is 24.3 Å². The number of aromatic amines is 2. The van der Waals surface area contributed by atoms with Crippen LogP contribution in [0.4, 0.5) is 9.59 Å². The van der Waals surface area contributed by atoms with Crippen LogP contribution in [0.25, 0.3) is 66.5 Å². The lowest BCUT2D eigenvalue weighted by molar-refractivity contribution is -0.136. The van der Waals surface area contributed by atoms with Gasteiger partial charge < -0.3 is 44.3 Å². The van der Waals surface area contributed by atoms with Crippen molar-refractivity contribution in [3.8, 4) is 33.5 Å². The lowest BCUT2D eigenvalue weighted by Crippen LogP contribution is -2.51. The third-order valence-electron chi connectivity index (χ3n) is 13.2. The maximum atomic E-state index is 13.9. The number of H-pyrrole nitrogens is 2. The molecule has 2 aliphatic rings. The molecule has 7 aromatic rings. The number of hydrogen-bond acceptors (Lipinski definition) is 9. The minimum atomic E-state index is -0.721. The molecule has 6 unspecified atom stereocenters. The molecule has 0 radical (unpaired) electrons. The summed E-state index contributed by atoms with van der Waals surface area (Å²) in [4.78, 5) is 72.5. The highest BCUT2D eigenvalue weighted by atomic mass is 16.5. The third kappa shape index (κ3) is 8.01. The van der Waals surface area contributed by atoms with Crippen LogP contribution in [0.15, 0.2) is 77.3 Å². The summed E-state index contributed by atoms with van der Waals surface area (Å²) in [6.07, 6.45) is 2.06. The Morgan fingerprint density at radius 1 is 0.677 bits per heavy atom. The molecule has 0 spiro atoms. The van der Waals surface area contributed by atoms with Crippen molar-refractivity contribution < 1.29 is 33.1 Å². The molecular formula is C50H56N8O7. The molecule has 2 aliphatic heterocycles. The van der Waals surface area contributed by atoms with Gasteiger partial charge in [0.05, 0.1) is 49.2 Å². The highest BCUT2D eigenvalue weighted by molar-refractivity contribution is 6.19. The van der Waals surface area contributed by atoms with Crippen LogP contribution >= 0.6 is 0 Å². The molecule has 65 heavy (non-hydrogen) atoms. The van der Waals surface area contributed by atoms with Crippen LogP contribution in [0.5, 0.6) is 0 Å². The lowest BCUT2D eigenvalue weighted by Gasteiger charge is -2.30. The molecule has 2 saturated heterocycles. The number of imidazole rings is 2. The van der Waals surface area contributed by atoms with Crippen LogP contribution in [-0.4, -0.2) is 93.1 Å². The van der Waals surface area contributed by atoms with Gasteiger partial charge in [-0.2, -0.15) is 0 Å². The monoisotopic (exact) mass is 880 g/mol. The average molecular weight is 881 g/mol. The number of nitrogens with zero attached hydrogens (tertiary/aromatic N) is 4. The zero-order chi connectivity index (χ0) is 45.8. The molecule has 2 fully saturated rings. The Morgan fingerprint density at radius 2 is 1.18 bits per heavy atom. The van der Waals surface area contributed by atoms with E-state index in [4.69, 9.17) is 23.9 Å². The summed E-state index contributed by atoms with van der Waals surface area (Å²) in [5.74, 6) is 1.39. The molecule has 6 heterocycles. The SMILES string of the molecule is COC(=O)NC(C(=O)N1CC(C)CC1c1ncc(-c2ccc(-c3ccc(-c4ccc5nc(C6CC(C)CN6C(=O)C(NC(=O)OC)C(C)C)[nH]c5c4)c4c5ccc(o5)c34)cc2)[nH]1)C(C)C. The normalized spacial score (nSPS) is 19.8. The second-order valence-electron chi connectivity index (χ2n) is 18.6. The van der Waals surface area contributed by atoms with Crippen molar-refractivity contribution in [2.75, 3.05) is 27.3 Å². The summed E-state index contributed by atoms with van der Waals surface area (Å²) in [6, 6.07) is 20.9. The summed E-state index contributed by atoms with van der Waals surface area (Å²) in [6.45, 7) is 13.0. The van der Waals surface area contributed by atoms with Crippen molar-refractivity contribution in [3.05, 3.63) is 84.6 Å². The summed E-state index contributed by atoms with van der Waals surface area (Å²) in [5.41, 5.74) is 9.22. The van der Waals surface area contributed by atoms with Gasteiger partial charge in [-0.1, -0.05) is 84.0 Å². The molecule has 4 N–H and O–H groups in total. The third-order valence-corrected chi connectivity index (χ3v) is 13.2. The Kier molecular flexibility index (Phi) is 11.5. The zero-order valence-corrected chi connectivity index (χ0v) is 38.0. The van der Waals surface area contributed by atoms with Gasteiger partial charge in [0, 0.05) is 23.9 Å². The number of nitrogens with one attached hydrogen (secondary N) is 4. The molecule has 15 heteroatoms. The van der Waals surface area contributed by atoms with Crippen molar-refractivity contribution in [1.82, 2.24) is 40.4 Å². The first-order valence-corrected chi connectivity index (χ1v) is 22.5. The predicted octanol–water partition coefficient (Wildman–Crippen LogP) is 9.20. The van der Waals surface area contributed by atoms with E-state index in [1.54, 1.807) is 0 Å². The quantitative estimate of drug-likeness (QED) is 0.0982. The van der Waals surface area contributed by atoms with Gasteiger partial charge >= 0.3 is 12.2 Å². The van der Waals surface area contributed by atoms with Gasteiger partial charge in [-0.05, 0) is 88.6 Å².